The van der Waals surface area contributed by atoms with E-state index in [2.05, 4.69) is 30.6 Å². The molecule has 1 aliphatic carbocycles. The van der Waals surface area contributed by atoms with Gasteiger partial charge >= 0.3 is 0 Å². The maximum absolute atomic E-state index is 4.18. The van der Waals surface area contributed by atoms with Gasteiger partial charge in [0.1, 0.15) is 0 Å². The smallest absolute Gasteiger partial charge is 0.0639 e. The van der Waals surface area contributed by atoms with Crippen molar-refractivity contribution in [2.45, 2.75) is 26.2 Å². The summed E-state index contributed by atoms with van der Waals surface area (Å²) in [4.78, 5) is 4.18. The molecule has 0 fully saturated rings. The van der Waals surface area contributed by atoms with Crippen LogP contribution in [0.25, 0.3) is 0 Å². The quantitative estimate of drug-likeness (QED) is 0.624. The third-order valence-electron chi connectivity index (χ3n) is 2.29. The van der Waals surface area contributed by atoms with Crippen molar-refractivity contribution in [3.05, 3.63) is 36.0 Å². The maximum atomic E-state index is 4.18. The average molecular weight is 175 g/mol. The van der Waals surface area contributed by atoms with Gasteiger partial charge in [0.15, 0.2) is 0 Å². The van der Waals surface area contributed by atoms with Crippen LogP contribution in [0.2, 0.25) is 0 Å². The summed E-state index contributed by atoms with van der Waals surface area (Å²) >= 11 is 0. The molecule has 0 aromatic carbocycles. The zero-order valence-corrected chi connectivity index (χ0v) is 8.51. The van der Waals surface area contributed by atoms with Crippen molar-refractivity contribution < 1.29 is 0 Å². The van der Waals surface area contributed by atoms with Gasteiger partial charge in [0.2, 0.25) is 0 Å². The van der Waals surface area contributed by atoms with E-state index in [4.69, 9.17) is 0 Å². The van der Waals surface area contributed by atoms with E-state index in [1.807, 2.05) is 13.1 Å². The number of nitrogens with zero attached hydrogens (tertiary/aromatic N) is 1. The topological polar surface area (TPSA) is 12.4 Å². The second kappa shape index (κ2) is 4.80. The molecule has 0 heterocycles. The second-order valence-corrected chi connectivity index (χ2v) is 3.24. The SMILES string of the molecule is C=C1C(CCCC)=CC=C/C1=N/C. The molecule has 0 bridgehead atoms. The van der Waals surface area contributed by atoms with Crippen molar-refractivity contribution in [1.82, 2.24) is 0 Å². The van der Waals surface area contributed by atoms with E-state index in [1.165, 1.54) is 18.4 Å². The highest BCUT2D eigenvalue weighted by molar-refractivity contribution is 6.12. The lowest BCUT2D eigenvalue weighted by molar-refractivity contribution is 0.795. The Morgan fingerprint density at radius 1 is 1.46 bits per heavy atom. The van der Waals surface area contributed by atoms with Crippen LogP contribution in [0.4, 0.5) is 0 Å². The highest BCUT2D eigenvalue weighted by Crippen LogP contribution is 2.21. The Kier molecular flexibility index (Phi) is 3.69. The maximum Gasteiger partial charge on any atom is 0.0639 e. The molecule has 0 aliphatic heterocycles. The predicted octanol–water partition coefficient (Wildman–Crippen LogP) is 3.30. The van der Waals surface area contributed by atoms with Crippen LogP contribution in [-0.2, 0) is 0 Å². The number of unbranched alkanes of at least 4 members (excludes halogenated alkanes) is 1. The molecule has 0 saturated carbocycles. The van der Waals surface area contributed by atoms with Crippen LogP contribution in [0, 0.1) is 0 Å². The van der Waals surface area contributed by atoms with Crippen LogP contribution in [0.1, 0.15) is 26.2 Å². The first-order chi connectivity index (χ1) is 6.29. The van der Waals surface area contributed by atoms with Gasteiger partial charge in [-0.25, -0.2) is 0 Å². The first-order valence-electron chi connectivity index (χ1n) is 4.83. The molecule has 1 aliphatic rings. The molecule has 0 unspecified atom stereocenters. The molecule has 70 valence electrons. The van der Waals surface area contributed by atoms with Crippen LogP contribution in [-0.4, -0.2) is 12.8 Å². The molecule has 0 spiro atoms. The number of hydrogen-bond acceptors (Lipinski definition) is 1. The molecule has 0 radical (unpaired) electrons. The molecule has 0 aromatic rings. The van der Waals surface area contributed by atoms with Gasteiger partial charge in [0.25, 0.3) is 0 Å². The molecule has 1 rings (SSSR count). The Morgan fingerprint density at radius 2 is 2.23 bits per heavy atom. The first kappa shape index (κ1) is 9.97. The predicted molar refractivity (Wildman–Crippen MR) is 59.2 cm³/mol. The zero-order valence-electron chi connectivity index (χ0n) is 8.51. The molecule has 1 heteroatoms. The number of allylic oxidation sites excluding steroid dienone is 5. The standard InChI is InChI=1S/C12H17N/c1-4-5-7-11-8-6-9-12(13-3)10(11)2/h6,8-9H,2,4-5,7H2,1,3H3/b13-12-. The van der Waals surface area contributed by atoms with Crippen LogP contribution < -0.4 is 0 Å². The Labute approximate surface area is 80.6 Å². The summed E-state index contributed by atoms with van der Waals surface area (Å²) < 4.78 is 0. The monoisotopic (exact) mass is 175 g/mol. The highest BCUT2D eigenvalue weighted by atomic mass is 14.7. The van der Waals surface area contributed by atoms with E-state index in [-0.39, 0.29) is 0 Å². The average Bonchev–Trinajstić information content (AvgIpc) is 2.16. The highest BCUT2D eigenvalue weighted by Gasteiger charge is 2.09. The fourth-order valence-corrected chi connectivity index (χ4v) is 1.43. The van der Waals surface area contributed by atoms with Crippen LogP contribution in [0.3, 0.4) is 0 Å². The van der Waals surface area contributed by atoms with Gasteiger partial charge in [-0.3, -0.25) is 4.99 Å². The van der Waals surface area contributed by atoms with Gasteiger partial charge in [0, 0.05) is 7.05 Å². The number of hydrogen-bond donors (Lipinski definition) is 0. The Balaban J connectivity index is 2.70. The summed E-state index contributed by atoms with van der Waals surface area (Å²) in [5.41, 5.74) is 3.46. The van der Waals surface area contributed by atoms with Crippen LogP contribution in [0.15, 0.2) is 40.9 Å². The molecule has 1 nitrogen and oxygen atoms in total. The minimum atomic E-state index is 1.02. The van der Waals surface area contributed by atoms with E-state index >= 15 is 0 Å². The van der Waals surface area contributed by atoms with Gasteiger partial charge < -0.3 is 0 Å². The van der Waals surface area contributed by atoms with Crippen molar-refractivity contribution in [3.8, 4) is 0 Å². The lowest BCUT2D eigenvalue weighted by Gasteiger charge is -2.13. The summed E-state index contributed by atoms with van der Waals surface area (Å²) in [6.07, 6.45) is 9.80. The van der Waals surface area contributed by atoms with Gasteiger partial charge in [-0.05, 0) is 30.1 Å². The van der Waals surface area contributed by atoms with Crippen LogP contribution in [0.5, 0.6) is 0 Å². The van der Waals surface area contributed by atoms with Crippen molar-refractivity contribution in [2.24, 2.45) is 4.99 Å². The summed E-state index contributed by atoms with van der Waals surface area (Å²) in [7, 11) is 1.81. The summed E-state index contributed by atoms with van der Waals surface area (Å²) in [5.74, 6) is 0. The third kappa shape index (κ3) is 2.41. The van der Waals surface area contributed by atoms with Gasteiger partial charge in [-0.15, -0.1) is 0 Å². The molecule has 0 N–H and O–H groups in total. The van der Waals surface area contributed by atoms with E-state index in [9.17, 15) is 0 Å². The van der Waals surface area contributed by atoms with Crippen molar-refractivity contribution in [3.63, 3.8) is 0 Å². The Bertz CT molecular complexity index is 279. The molecule has 0 aromatic heterocycles. The number of aliphatic imine (C=N–C) groups is 1. The fourth-order valence-electron chi connectivity index (χ4n) is 1.43. The van der Waals surface area contributed by atoms with E-state index in [0.717, 1.165) is 17.7 Å². The minimum Gasteiger partial charge on any atom is -0.288 e. The second-order valence-electron chi connectivity index (χ2n) is 3.24. The molecular formula is C12H17N. The van der Waals surface area contributed by atoms with Gasteiger partial charge in [-0.2, -0.15) is 0 Å². The van der Waals surface area contributed by atoms with E-state index in [1.54, 1.807) is 0 Å². The molecule has 0 saturated heterocycles. The summed E-state index contributed by atoms with van der Waals surface area (Å²) in [6.45, 7) is 6.26. The number of rotatable bonds is 3. The van der Waals surface area contributed by atoms with E-state index in [0.29, 0.717) is 0 Å². The third-order valence-corrected chi connectivity index (χ3v) is 2.29. The molecule has 0 atom stereocenters. The van der Waals surface area contributed by atoms with Crippen LogP contribution >= 0.6 is 0 Å². The summed E-state index contributed by atoms with van der Waals surface area (Å²) in [5, 5.41) is 0. The molecular weight excluding hydrogens is 158 g/mol. The Hall–Kier alpha value is -1.11. The zero-order chi connectivity index (χ0) is 9.68. The minimum absolute atomic E-state index is 1.02. The van der Waals surface area contributed by atoms with Gasteiger partial charge in [0.05, 0.1) is 5.71 Å². The van der Waals surface area contributed by atoms with Crippen molar-refractivity contribution >= 4 is 5.71 Å². The van der Waals surface area contributed by atoms with Crippen molar-refractivity contribution in [1.29, 1.82) is 0 Å². The van der Waals surface area contributed by atoms with Crippen molar-refractivity contribution in [2.75, 3.05) is 7.05 Å². The van der Waals surface area contributed by atoms with E-state index < -0.39 is 0 Å². The van der Waals surface area contributed by atoms with Gasteiger partial charge in [-0.1, -0.05) is 32.1 Å². The normalized spacial score (nSPS) is 19.4. The largest absolute Gasteiger partial charge is 0.288 e. The fraction of sp³-hybridized carbons (Fsp3) is 0.417. The Morgan fingerprint density at radius 3 is 2.85 bits per heavy atom. The molecule has 13 heavy (non-hydrogen) atoms. The molecule has 0 amide bonds. The lowest BCUT2D eigenvalue weighted by Crippen LogP contribution is -2.04. The summed E-state index contributed by atoms with van der Waals surface area (Å²) in [6, 6.07) is 0. The first-order valence-corrected chi connectivity index (χ1v) is 4.83. The lowest BCUT2D eigenvalue weighted by atomic mass is 9.94.